The Morgan fingerprint density at radius 2 is 2.00 bits per heavy atom. The first-order valence-electron chi connectivity index (χ1n) is 5.90. The molecule has 0 aliphatic heterocycles. The molecule has 2 amide bonds. The molecule has 2 rings (SSSR count). The molecule has 1 heterocycles. The zero-order valence-electron chi connectivity index (χ0n) is 10.8. The lowest BCUT2D eigenvalue weighted by Crippen LogP contribution is -2.21. The Labute approximate surface area is 124 Å². The summed E-state index contributed by atoms with van der Waals surface area (Å²) in [7, 11) is 0. The van der Waals surface area contributed by atoms with Gasteiger partial charge in [-0.2, -0.15) is 5.26 Å². The number of benzene rings is 1. The van der Waals surface area contributed by atoms with Gasteiger partial charge in [0.2, 0.25) is 0 Å². The fraction of sp³-hybridized carbons (Fsp3) is 0.0714. The molecule has 6 nitrogen and oxygen atoms in total. The minimum Gasteiger partial charge on any atom is -0.484 e. The summed E-state index contributed by atoms with van der Waals surface area (Å²) >= 11 is 1.21. The number of nitrogens with one attached hydrogen (secondary N) is 1. The molecule has 0 fully saturated rings. The lowest BCUT2D eigenvalue weighted by Gasteiger charge is -2.07. The second-order valence-corrected chi connectivity index (χ2v) is 4.92. The summed E-state index contributed by atoms with van der Waals surface area (Å²) in [6.45, 7) is -0.206. The highest BCUT2D eigenvalue weighted by molar-refractivity contribution is 7.14. The lowest BCUT2D eigenvalue weighted by molar-refractivity contribution is -0.118. The molecule has 0 radical (unpaired) electrons. The molecule has 1 aromatic heterocycles. The second-order valence-electron chi connectivity index (χ2n) is 4.00. The number of carbonyl (C=O) groups excluding carboxylic acids is 2. The lowest BCUT2D eigenvalue weighted by atomic mass is 10.2. The summed E-state index contributed by atoms with van der Waals surface area (Å²) < 4.78 is 5.28. The first-order valence-corrected chi connectivity index (χ1v) is 6.78. The molecule has 0 bridgehead atoms. The number of carbonyl (C=O) groups is 2. The maximum absolute atomic E-state index is 11.7. The summed E-state index contributed by atoms with van der Waals surface area (Å²) in [5.41, 5.74) is 5.97. The minimum absolute atomic E-state index is 0.206. The van der Waals surface area contributed by atoms with E-state index in [1.165, 1.54) is 11.3 Å². The van der Waals surface area contributed by atoms with Crippen LogP contribution in [0.25, 0.3) is 0 Å². The Bertz CT molecular complexity index is 701. The normalized spacial score (nSPS) is 9.67. The maximum Gasteiger partial charge on any atom is 0.262 e. The van der Waals surface area contributed by atoms with Crippen molar-refractivity contribution in [2.45, 2.75) is 0 Å². The molecule has 106 valence electrons. The van der Waals surface area contributed by atoms with Gasteiger partial charge in [0.25, 0.3) is 11.8 Å². The van der Waals surface area contributed by atoms with Crippen LogP contribution in [0.2, 0.25) is 0 Å². The van der Waals surface area contributed by atoms with Gasteiger partial charge >= 0.3 is 0 Å². The van der Waals surface area contributed by atoms with Gasteiger partial charge in [-0.05, 0) is 35.7 Å². The van der Waals surface area contributed by atoms with Crippen molar-refractivity contribution < 1.29 is 14.3 Å². The number of amides is 2. The monoisotopic (exact) mass is 301 g/mol. The van der Waals surface area contributed by atoms with E-state index in [0.717, 1.165) is 0 Å². The van der Waals surface area contributed by atoms with Crippen LogP contribution in [0.1, 0.15) is 15.9 Å². The van der Waals surface area contributed by atoms with Crippen molar-refractivity contribution in [3.63, 3.8) is 0 Å². The van der Waals surface area contributed by atoms with Crippen molar-refractivity contribution in [3.05, 3.63) is 46.8 Å². The molecule has 1 aromatic carbocycles. The van der Waals surface area contributed by atoms with Crippen LogP contribution < -0.4 is 15.8 Å². The van der Waals surface area contributed by atoms with Crippen LogP contribution in [-0.4, -0.2) is 18.4 Å². The van der Waals surface area contributed by atoms with Gasteiger partial charge in [-0.3, -0.25) is 9.59 Å². The number of thiophene rings is 1. The van der Waals surface area contributed by atoms with Crippen LogP contribution in [0.5, 0.6) is 5.75 Å². The summed E-state index contributed by atoms with van der Waals surface area (Å²) in [4.78, 5) is 22.9. The number of nitriles is 1. The van der Waals surface area contributed by atoms with E-state index in [1.54, 1.807) is 35.7 Å². The molecule has 0 aliphatic carbocycles. The fourth-order valence-electron chi connectivity index (χ4n) is 1.54. The predicted molar refractivity (Wildman–Crippen MR) is 78.1 cm³/mol. The zero-order valence-corrected chi connectivity index (χ0v) is 11.6. The predicted octanol–water partition coefficient (Wildman–Crippen LogP) is 1.74. The molecule has 3 N–H and O–H groups in total. The van der Waals surface area contributed by atoms with Gasteiger partial charge in [0.05, 0.1) is 17.2 Å². The highest BCUT2D eigenvalue weighted by atomic mass is 32.1. The van der Waals surface area contributed by atoms with Gasteiger partial charge in [-0.15, -0.1) is 11.3 Å². The molecule has 0 spiro atoms. The third kappa shape index (κ3) is 3.81. The first kappa shape index (κ1) is 14.6. The number of primary amides is 1. The van der Waals surface area contributed by atoms with Crippen molar-refractivity contribution in [1.29, 1.82) is 5.26 Å². The molecule has 0 aliphatic rings. The van der Waals surface area contributed by atoms with Crippen LogP contribution in [0.15, 0.2) is 35.7 Å². The van der Waals surface area contributed by atoms with Crippen molar-refractivity contribution in [2.75, 3.05) is 11.9 Å². The summed E-state index contributed by atoms with van der Waals surface area (Å²) in [5, 5.41) is 13.3. The van der Waals surface area contributed by atoms with Crippen molar-refractivity contribution in [3.8, 4) is 11.8 Å². The van der Waals surface area contributed by atoms with E-state index in [0.29, 0.717) is 16.3 Å². The summed E-state index contributed by atoms with van der Waals surface area (Å²) in [6, 6.07) is 9.93. The SMILES string of the molecule is N#Cc1ccc(OCC(=O)Nc2sccc2C(N)=O)cc1. The standard InChI is InChI=1S/C14H11N3O3S/c15-7-9-1-3-10(4-2-9)20-8-12(18)17-14-11(13(16)19)5-6-21-14/h1-6H,8H2,(H2,16,19)(H,17,18). The molecule has 0 unspecified atom stereocenters. The van der Waals surface area contributed by atoms with Gasteiger partial charge < -0.3 is 15.8 Å². The molecular weight excluding hydrogens is 290 g/mol. The van der Waals surface area contributed by atoms with E-state index in [9.17, 15) is 9.59 Å². The molecule has 0 saturated heterocycles. The van der Waals surface area contributed by atoms with E-state index in [-0.39, 0.29) is 12.2 Å². The van der Waals surface area contributed by atoms with E-state index >= 15 is 0 Å². The third-order valence-corrected chi connectivity index (χ3v) is 3.37. The van der Waals surface area contributed by atoms with Crippen LogP contribution in [0, 0.1) is 11.3 Å². The molecule has 0 saturated carbocycles. The van der Waals surface area contributed by atoms with E-state index in [1.807, 2.05) is 6.07 Å². The van der Waals surface area contributed by atoms with Gasteiger partial charge in [0.1, 0.15) is 10.8 Å². The van der Waals surface area contributed by atoms with Gasteiger partial charge in [-0.25, -0.2) is 0 Å². The topological polar surface area (TPSA) is 105 Å². The molecular formula is C14H11N3O3S. The smallest absolute Gasteiger partial charge is 0.262 e. The zero-order chi connectivity index (χ0) is 15.2. The third-order valence-electron chi connectivity index (χ3n) is 2.54. The molecule has 0 atom stereocenters. The highest BCUT2D eigenvalue weighted by Crippen LogP contribution is 2.22. The minimum atomic E-state index is -0.598. The number of ether oxygens (including phenoxy) is 1. The number of nitrogens with two attached hydrogens (primary N) is 1. The molecule has 2 aromatic rings. The maximum atomic E-state index is 11.7. The highest BCUT2D eigenvalue weighted by Gasteiger charge is 2.12. The Balaban J connectivity index is 1.91. The Morgan fingerprint density at radius 3 is 2.62 bits per heavy atom. The largest absolute Gasteiger partial charge is 0.484 e. The van der Waals surface area contributed by atoms with Crippen molar-refractivity contribution >= 4 is 28.2 Å². The second kappa shape index (κ2) is 6.54. The van der Waals surface area contributed by atoms with E-state index in [4.69, 9.17) is 15.7 Å². The summed E-state index contributed by atoms with van der Waals surface area (Å²) in [5.74, 6) is -0.519. The number of rotatable bonds is 5. The van der Waals surface area contributed by atoms with Crippen LogP contribution >= 0.6 is 11.3 Å². The Morgan fingerprint density at radius 1 is 1.29 bits per heavy atom. The number of anilines is 1. The number of nitrogens with zero attached hydrogens (tertiary/aromatic N) is 1. The Hall–Kier alpha value is -2.85. The molecule has 7 heteroatoms. The van der Waals surface area contributed by atoms with Crippen LogP contribution in [0.3, 0.4) is 0 Å². The molecule has 21 heavy (non-hydrogen) atoms. The summed E-state index contributed by atoms with van der Waals surface area (Å²) in [6.07, 6.45) is 0. The van der Waals surface area contributed by atoms with Crippen LogP contribution in [0.4, 0.5) is 5.00 Å². The van der Waals surface area contributed by atoms with Gasteiger partial charge in [0.15, 0.2) is 6.61 Å². The average Bonchev–Trinajstić information content (AvgIpc) is 2.94. The van der Waals surface area contributed by atoms with Gasteiger partial charge in [-0.1, -0.05) is 0 Å². The number of hydrogen-bond acceptors (Lipinski definition) is 5. The van der Waals surface area contributed by atoms with Gasteiger partial charge in [0, 0.05) is 0 Å². The quantitative estimate of drug-likeness (QED) is 0.877. The number of hydrogen-bond donors (Lipinski definition) is 2. The van der Waals surface area contributed by atoms with Crippen molar-refractivity contribution in [2.24, 2.45) is 5.73 Å². The van der Waals surface area contributed by atoms with Crippen LogP contribution in [-0.2, 0) is 4.79 Å². The Kier molecular flexibility index (Phi) is 4.53. The van der Waals surface area contributed by atoms with E-state index < -0.39 is 11.8 Å². The van der Waals surface area contributed by atoms with Crippen molar-refractivity contribution in [1.82, 2.24) is 0 Å². The first-order chi connectivity index (χ1) is 10.1. The fourth-order valence-corrected chi connectivity index (χ4v) is 2.35. The average molecular weight is 301 g/mol. The van der Waals surface area contributed by atoms with E-state index in [2.05, 4.69) is 5.32 Å².